The van der Waals surface area contributed by atoms with Crippen LogP contribution in [0.15, 0.2) is 18.2 Å². The minimum atomic E-state index is -0.789. The van der Waals surface area contributed by atoms with Crippen LogP contribution in [0.25, 0.3) is 0 Å². The second kappa shape index (κ2) is 4.84. The second-order valence-electron chi connectivity index (χ2n) is 3.80. The van der Waals surface area contributed by atoms with E-state index >= 15 is 0 Å². The van der Waals surface area contributed by atoms with Crippen LogP contribution >= 0.6 is 0 Å². The number of fused-ring (bicyclic) bond motifs is 1. The number of anilines is 1. The van der Waals surface area contributed by atoms with E-state index in [1.807, 2.05) is 0 Å². The van der Waals surface area contributed by atoms with Crippen molar-refractivity contribution in [2.45, 2.75) is 12.3 Å². The molecular formula is C12H9FN2O3. The van der Waals surface area contributed by atoms with Crippen LogP contribution in [0.5, 0.6) is 0 Å². The molecule has 1 aliphatic heterocycles. The predicted molar refractivity (Wildman–Crippen MR) is 59.0 cm³/mol. The monoisotopic (exact) mass is 248 g/mol. The first kappa shape index (κ1) is 12.0. The van der Waals surface area contributed by atoms with Crippen molar-refractivity contribution >= 4 is 17.6 Å². The minimum absolute atomic E-state index is 0.0666. The molecule has 1 aliphatic rings. The number of carbonyl (C=O) groups excluding carboxylic acids is 2. The fourth-order valence-electron chi connectivity index (χ4n) is 1.85. The lowest BCUT2D eigenvalue weighted by atomic mass is 9.90. The Hall–Kier alpha value is -2.42. The van der Waals surface area contributed by atoms with Crippen molar-refractivity contribution in [2.75, 3.05) is 11.9 Å². The summed E-state index contributed by atoms with van der Waals surface area (Å²) in [4.78, 5) is 23.1. The van der Waals surface area contributed by atoms with E-state index in [4.69, 9.17) is 10.00 Å². The van der Waals surface area contributed by atoms with Crippen molar-refractivity contribution < 1.29 is 18.7 Å². The topological polar surface area (TPSA) is 79.2 Å². The van der Waals surface area contributed by atoms with Crippen LogP contribution in [-0.2, 0) is 14.3 Å². The number of hydrogen-bond donors (Lipinski definition) is 1. The van der Waals surface area contributed by atoms with Crippen molar-refractivity contribution in [3.05, 3.63) is 29.6 Å². The SMILES string of the molecule is N#CCOC(=O)C1CC(=O)Nc2cc(F)ccc21. The van der Waals surface area contributed by atoms with Crippen LogP contribution in [0.4, 0.5) is 10.1 Å². The maximum absolute atomic E-state index is 13.0. The Morgan fingerprint density at radius 3 is 3.11 bits per heavy atom. The maximum atomic E-state index is 13.0. The molecule has 5 nitrogen and oxygen atoms in total. The van der Waals surface area contributed by atoms with Gasteiger partial charge in [-0.15, -0.1) is 0 Å². The summed E-state index contributed by atoms with van der Waals surface area (Å²) in [5.41, 5.74) is 0.768. The number of nitriles is 1. The van der Waals surface area contributed by atoms with Crippen molar-refractivity contribution in [3.63, 3.8) is 0 Å². The van der Waals surface area contributed by atoms with Gasteiger partial charge in [-0.3, -0.25) is 9.59 Å². The first-order valence-electron chi connectivity index (χ1n) is 5.24. The van der Waals surface area contributed by atoms with E-state index in [-0.39, 0.29) is 24.6 Å². The number of amides is 1. The Bertz CT molecular complexity index is 551. The largest absolute Gasteiger partial charge is 0.450 e. The number of carbonyl (C=O) groups is 2. The molecule has 2 rings (SSSR count). The first-order chi connectivity index (χ1) is 8.61. The van der Waals surface area contributed by atoms with Crippen LogP contribution in [0.2, 0.25) is 0 Å². The zero-order chi connectivity index (χ0) is 13.1. The van der Waals surface area contributed by atoms with Gasteiger partial charge in [-0.25, -0.2) is 4.39 Å². The van der Waals surface area contributed by atoms with Gasteiger partial charge in [0.1, 0.15) is 11.9 Å². The third-order valence-electron chi connectivity index (χ3n) is 2.62. The summed E-state index contributed by atoms with van der Waals surface area (Å²) >= 11 is 0. The average molecular weight is 248 g/mol. The summed E-state index contributed by atoms with van der Waals surface area (Å²) < 4.78 is 17.7. The fraction of sp³-hybridized carbons (Fsp3) is 0.250. The van der Waals surface area contributed by atoms with Gasteiger partial charge in [0.05, 0.1) is 5.92 Å². The molecule has 1 unspecified atom stereocenters. The van der Waals surface area contributed by atoms with Crippen LogP contribution in [0.3, 0.4) is 0 Å². The molecule has 0 aromatic heterocycles. The number of ether oxygens (including phenoxy) is 1. The standard InChI is InChI=1S/C12H9FN2O3/c13-7-1-2-8-9(12(17)18-4-3-14)6-11(16)15-10(8)5-7/h1-2,5,9H,4,6H2,(H,15,16). The number of nitrogens with zero attached hydrogens (tertiary/aromatic N) is 1. The molecule has 18 heavy (non-hydrogen) atoms. The smallest absolute Gasteiger partial charge is 0.315 e. The van der Waals surface area contributed by atoms with Gasteiger partial charge in [0.25, 0.3) is 0 Å². The van der Waals surface area contributed by atoms with Crippen LogP contribution in [-0.4, -0.2) is 18.5 Å². The second-order valence-corrected chi connectivity index (χ2v) is 3.80. The summed E-state index contributed by atoms with van der Waals surface area (Å²) in [6.45, 7) is -0.368. The average Bonchev–Trinajstić information content (AvgIpc) is 2.34. The lowest BCUT2D eigenvalue weighted by Crippen LogP contribution is -2.28. The van der Waals surface area contributed by atoms with Gasteiger partial charge in [-0.05, 0) is 17.7 Å². The van der Waals surface area contributed by atoms with Crippen molar-refractivity contribution in [1.82, 2.24) is 0 Å². The van der Waals surface area contributed by atoms with Crippen molar-refractivity contribution in [3.8, 4) is 6.07 Å². The molecule has 0 spiro atoms. The van der Waals surface area contributed by atoms with E-state index in [0.29, 0.717) is 5.56 Å². The maximum Gasteiger partial charge on any atom is 0.315 e. The van der Waals surface area contributed by atoms with Crippen LogP contribution < -0.4 is 5.32 Å². The molecule has 6 heteroatoms. The number of esters is 1. The number of halogens is 1. The summed E-state index contributed by atoms with van der Waals surface area (Å²) in [5, 5.41) is 10.8. The van der Waals surface area contributed by atoms with Crippen LogP contribution in [0.1, 0.15) is 17.9 Å². The molecule has 92 valence electrons. The minimum Gasteiger partial charge on any atom is -0.450 e. The third kappa shape index (κ3) is 2.30. The quantitative estimate of drug-likeness (QED) is 0.800. The molecule has 0 radical (unpaired) electrons. The molecule has 0 saturated carbocycles. The van der Waals surface area contributed by atoms with Gasteiger partial charge >= 0.3 is 5.97 Å². The highest BCUT2D eigenvalue weighted by Gasteiger charge is 2.32. The summed E-state index contributed by atoms with van der Waals surface area (Å²) in [6, 6.07) is 5.47. The molecule has 0 bridgehead atoms. The molecule has 0 aliphatic carbocycles. The highest BCUT2D eigenvalue weighted by atomic mass is 19.1. The Morgan fingerprint density at radius 1 is 1.61 bits per heavy atom. The van der Waals surface area contributed by atoms with E-state index < -0.39 is 17.7 Å². The summed E-state index contributed by atoms with van der Waals surface area (Å²) in [7, 11) is 0. The van der Waals surface area contributed by atoms with Gasteiger partial charge in [-0.2, -0.15) is 5.26 Å². The van der Waals surface area contributed by atoms with Crippen molar-refractivity contribution in [1.29, 1.82) is 5.26 Å². The number of benzene rings is 1. The zero-order valence-corrected chi connectivity index (χ0v) is 9.27. The van der Waals surface area contributed by atoms with Crippen molar-refractivity contribution in [2.24, 2.45) is 0 Å². The molecular weight excluding hydrogens is 239 g/mol. The van der Waals surface area contributed by atoms with Gasteiger partial charge in [0.2, 0.25) is 5.91 Å². The molecule has 1 atom stereocenters. The molecule has 1 amide bonds. The molecule has 1 heterocycles. The normalized spacial score (nSPS) is 17.3. The number of hydrogen-bond acceptors (Lipinski definition) is 4. The Labute approximate surface area is 102 Å². The molecule has 1 N–H and O–H groups in total. The molecule has 0 fully saturated rings. The van der Waals surface area contributed by atoms with E-state index in [0.717, 1.165) is 6.07 Å². The van der Waals surface area contributed by atoms with Gasteiger partial charge in [-0.1, -0.05) is 6.07 Å². The molecule has 0 saturated heterocycles. The Morgan fingerprint density at radius 2 is 2.39 bits per heavy atom. The highest BCUT2D eigenvalue weighted by molar-refractivity contribution is 5.99. The highest BCUT2D eigenvalue weighted by Crippen LogP contribution is 2.33. The zero-order valence-electron chi connectivity index (χ0n) is 9.27. The predicted octanol–water partition coefficient (Wildman–Crippen LogP) is 1.32. The van der Waals surface area contributed by atoms with Gasteiger partial charge in [0, 0.05) is 12.1 Å². The van der Waals surface area contributed by atoms with Gasteiger partial charge < -0.3 is 10.1 Å². The Kier molecular flexibility index (Phi) is 3.24. The van der Waals surface area contributed by atoms with E-state index in [9.17, 15) is 14.0 Å². The van der Waals surface area contributed by atoms with Crippen LogP contribution in [0, 0.1) is 17.1 Å². The van der Waals surface area contributed by atoms with E-state index in [2.05, 4.69) is 5.32 Å². The number of rotatable bonds is 2. The molecule has 1 aromatic rings. The number of nitrogens with one attached hydrogen (secondary N) is 1. The van der Waals surface area contributed by atoms with E-state index in [1.165, 1.54) is 12.1 Å². The van der Waals surface area contributed by atoms with E-state index in [1.54, 1.807) is 6.07 Å². The lowest BCUT2D eigenvalue weighted by Gasteiger charge is -2.23. The Balaban J connectivity index is 2.31. The lowest BCUT2D eigenvalue weighted by molar-refractivity contribution is -0.145. The third-order valence-corrected chi connectivity index (χ3v) is 2.62. The van der Waals surface area contributed by atoms with Gasteiger partial charge in [0.15, 0.2) is 6.61 Å². The fourth-order valence-corrected chi connectivity index (χ4v) is 1.85. The first-order valence-corrected chi connectivity index (χ1v) is 5.24. The summed E-state index contributed by atoms with van der Waals surface area (Å²) in [6.07, 6.45) is -0.0666. The summed E-state index contributed by atoms with van der Waals surface area (Å²) in [5.74, 6) is -2.32. The molecule has 1 aromatic carbocycles.